The van der Waals surface area contributed by atoms with Crippen LogP contribution in [0, 0.1) is 0 Å². The maximum atomic E-state index is 5.52. The molecule has 0 aliphatic carbocycles. The van der Waals surface area contributed by atoms with Gasteiger partial charge in [-0.15, -0.1) is 0 Å². The van der Waals surface area contributed by atoms with Crippen molar-refractivity contribution in [2.24, 2.45) is 5.73 Å². The number of likely N-dealkylation sites (tertiary alicyclic amines) is 1. The van der Waals surface area contributed by atoms with E-state index < -0.39 is 0 Å². The highest BCUT2D eigenvalue weighted by Crippen LogP contribution is 2.20. The van der Waals surface area contributed by atoms with Crippen LogP contribution in [0.2, 0.25) is 0 Å². The second-order valence-electron chi connectivity index (χ2n) is 4.36. The summed E-state index contributed by atoms with van der Waals surface area (Å²) in [5.41, 5.74) is 5.52. The molecule has 1 aliphatic heterocycles. The summed E-state index contributed by atoms with van der Waals surface area (Å²) in [6, 6.07) is 1.53. The molecular formula is C11H24N2. The predicted octanol–water partition coefficient (Wildman–Crippen LogP) is 1.99. The molecule has 13 heavy (non-hydrogen) atoms. The van der Waals surface area contributed by atoms with Crippen LogP contribution >= 0.6 is 0 Å². The summed E-state index contributed by atoms with van der Waals surface area (Å²) in [6.45, 7) is 6.84. The minimum atomic E-state index is 0.735. The lowest BCUT2D eigenvalue weighted by Crippen LogP contribution is -2.43. The lowest BCUT2D eigenvalue weighted by Gasteiger charge is -2.38. The first-order valence-corrected chi connectivity index (χ1v) is 5.71. The summed E-state index contributed by atoms with van der Waals surface area (Å²) in [5, 5.41) is 0. The van der Waals surface area contributed by atoms with Crippen molar-refractivity contribution >= 4 is 0 Å². The van der Waals surface area contributed by atoms with E-state index in [2.05, 4.69) is 18.7 Å². The molecule has 0 radical (unpaired) electrons. The van der Waals surface area contributed by atoms with Crippen molar-refractivity contribution in [2.75, 3.05) is 13.1 Å². The third-order valence-corrected chi connectivity index (χ3v) is 3.25. The van der Waals surface area contributed by atoms with Crippen LogP contribution in [0.4, 0.5) is 0 Å². The van der Waals surface area contributed by atoms with Crippen molar-refractivity contribution in [1.82, 2.24) is 4.90 Å². The van der Waals surface area contributed by atoms with Crippen LogP contribution < -0.4 is 5.73 Å². The second kappa shape index (κ2) is 5.61. The highest BCUT2D eigenvalue weighted by molar-refractivity contribution is 4.77. The Labute approximate surface area is 82.5 Å². The van der Waals surface area contributed by atoms with E-state index in [1.54, 1.807) is 0 Å². The van der Waals surface area contributed by atoms with Crippen LogP contribution in [0.5, 0.6) is 0 Å². The third kappa shape index (κ3) is 3.28. The van der Waals surface area contributed by atoms with Crippen LogP contribution in [0.25, 0.3) is 0 Å². The zero-order valence-electron chi connectivity index (χ0n) is 9.13. The first-order chi connectivity index (χ1) is 6.25. The van der Waals surface area contributed by atoms with Gasteiger partial charge in [0.2, 0.25) is 0 Å². The Morgan fingerprint density at radius 2 is 2.23 bits per heavy atom. The van der Waals surface area contributed by atoms with Gasteiger partial charge in [0, 0.05) is 12.1 Å². The van der Waals surface area contributed by atoms with Crippen molar-refractivity contribution in [3.63, 3.8) is 0 Å². The second-order valence-corrected chi connectivity index (χ2v) is 4.36. The summed E-state index contributed by atoms with van der Waals surface area (Å²) in [4.78, 5) is 2.65. The molecule has 1 aliphatic rings. The van der Waals surface area contributed by atoms with Crippen LogP contribution in [-0.4, -0.2) is 30.1 Å². The van der Waals surface area contributed by atoms with E-state index in [9.17, 15) is 0 Å². The van der Waals surface area contributed by atoms with Gasteiger partial charge in [-0.2, -0.15) is 0 Å². The zero-order chi connectivity index (χ0) is 9.68. The Bertz CT molecular complexity index is 136. The van der Waals surface area contributed by atoms with Gasteiger partial charge < -0.3 is 5.73 Å². The fourth-order valence-electron chi connectivity index (χ4n) is 2.35. The van der Waals surface area contributed by atoms with Crippen LogP contribution in [-0.2, 0) is 0 Å². The van der Waals surface area contributed by atoms with Gasteiger partial charge in [0.1, 0.15) is 0 Å². The maximum absolute atomic E-state index is 5.52. The van der Waals surface area contributed by atoms with Crippen molar-refractivity contribution in [2.45, 2.75) is 58.0 Å². The third-order valence-electron chi connectivity index (χ3n) is 3.25. The first kappa shape index (κ1) is 11.0. The van der Waals surface area contributed by atoms with E-state index in [0.717, 1.165) is 18.6 Å². The standard InChI is InChI=1S/C11H24N2/c1-10-6-3-4-9-13(10)11(2)7-5-8-12/h10-11H,3-9,12H2,1-2H3. The Morgan fingerprint density at radius 3 is 2.85 bits per heavy atom. The molecular weight excluding hydrogens is 160 g/mol. The van der Waals surface area contributed by atoms with Crippen LogP contribution in [0.15, 0.2) is 0 Å². The molecule has 0 spiro atoms. The summed E-state index contributed by atoms with van der Waals surface area (Å²) in [7, 11) is 0. The van der Waals surface area contributed by atoms with Gasteiger partial charge in [-0.25, -0.2) is 0 Å². The molecule has 1 saturated heterocycles. The fourth-order valence-corrected chi connectivity index (χ4v) is 2.35. The summed E-state index contributed by atoms with van der Waals surface area (Å²) in [5.74, 6) is 0. The lowest BCUT2D eigenvalue weighted by molar-refractivity contribution is 0.108. The molecule has 0 bridgehead atoms. The first-order valence-electron chi connectivity index (χ1n) is 5.71. The number of hydrogen-bond acceptors (Lipinski definition) is 2. The molecule has 2 atom stereocenters. The molecule has 2 unspecified atom stereocenters. The molecule has 78 valence electrons. The van der Waals surface area contributed by atoms with E-state index in [4.69, 9.17) is 5.73 Å². The van der Waals surface area contributed by atoms with Crippen LogP contribution in [0.1, 0.15) is 46.0 Å². The van der Waals surface area contributed by atoms with Crippen molar-refractivity contribution in [1.29, 1.82) is 0 Å². The Morgan fingerprint density at radius 1 is 1.46 bits per heavy atom. The van der Waals surface area contributed by atoms with E-state index >= 15 is 0 Å². The minimum absolute atomic E-state index is 0.735. The molecule has 0 aromatic rings. The molecule has 1 fully saturated rings. The normalized spacial score (nSPS) is 27.5. The van der Waals surface area contributed by atoms with Gasteiger partial charge in [0.25, 0.3) is 0 Å². The average molecular weight is 184 g/mol. The number of nitrogens with zero attached hydrogens (tertiary/aromatic N) is 1. The highest BCUT2D eigenvalue weighted by Gasteiger charge is 2.22. The molecule has 1 rings (SSSR count). The predicted molar refractivity (Wildman–Crippen MR) is 57.8 cm³/mol. The number of rotatable bonds is 4. The molecule has 0 saturated carbocycles. The summed E-state index contributed by atoms with van der Waals surface area (Å²) < 4.78 is 0. The Balaban J connectivity index is 2.30. The van der Waals surface area contributed by atoms with Crippen molar-refractivity contribution < 1.29 is 0 Å². The van der Waals surface area contributed by atoms with Gasteiger partial charge in [0.05, 0.1) is 0 Å². The largest absolute Gasteiger partial charge is 0.330 e. The van der Waals surface area contributed by atoms with E-state index in [-0.39, 0.29) is 0 Å². The number of hydrogen-bond donors (Lipinski definition) is 1. The Hall–Kier alpha value is -0.0800. The molecule has 1 heterocycles. The monoisotopic (exact) mass is 184 g/mol. The molecule has 0 aromatic carbocycles. The molecule has 2 heteroatoms. The fraction of sp³-hybridized carbons (Fsp3) is 1.00. The minimum Gasteiger partial charge on any atom is -0.330 e. The lowest BCUT2D eigenvalue weighted by atomic mass is 10.00. The Kier molecular flexibility index (Phi) is 4.74. The smallest absolute Gasteiger partial charge is 0.00702 e. The van der Waals surface area contributed by atoms with Gasteiger partial charge in [-0.05, 0) is 52.6 Å². The van der Waals surface area contributed by atoms with E-state index in [1.807, 2.05) is 0 Å². The molecule has 0 amide bonds. The zero-order valence-corrected chi connectivity index (χ0v) is 9.13. The van der Waals surface area contributed by atoms with Crippen molar-refractivity contribution in [3.8, 4) is 0 Å². The van der Waals surface area contributed by atoms with E-state index in [0.29, 0.717) is 0 Å². The summed E-state index contributed by atoms with van der Waals surface area (Å²) >= 11 is 0. The highest BCUT2D eigenvalue weighted by atomic mass is 15.2. The van der Waals surface area contributed by atoms with Gasteiger partial charge >= 0.3 is 0 Å². The average Bonchev–Trinajstić information content (AvgIpc) is 2.15. The quantitative estimate of drug-likeness (QED) is 0.724. The van der Waals surface area contributed by atoms with Crippen molar-refractivity contribution in [3.05, 3.63) is 0 Å². The number of piperidine rings is 1. The summed E-state index contributed by atoms with van der Waals surface area (Å²) in [6.07, 6.45) is 6.62. The van der Waals surface area contributed by atoms with E-state index in [1.165, 1.54) is 38.6 Å². The molecule has 0 aromatic heterocycles. The maximum Gasteiger partial charge on any atom is 0.00702 e. The van der Waals surface area contributed by atoms with Gasteiger partial charge in [0.15, 0.2) is 0 Å². The molecule has 2 nitrogen and oxygen atoms in total. The van der Waals surface area contributed by atoms with Gasteiger partial charge in [-0.3, -0.25) is 4.90 Å². The number of nitrogens with two attached hydrogens (primary N) is 1. The van der Waals surface area contributed by atoms with Gasteiger partial charge in [-0.1, -0.05) is 6.42 Å². The molecule has 2 N–H and O–H groups in total. The van der Waals surface area contributed by atoms with Crippen LogP contribution in [0.3, 0.4) is 0 Å². The topological polar surface area (TPSA) is 29.3 Å². The SMILES string of the molecule is CC(CCCN)N1CCCCC1C.